The molecule has 1 atom stereocenters. The van der Waals surface area contributed by atoms with Crippen LogP contribution < -0.4 is 0 Å². The number of nitrogens with zero attached hydrogens (tertiary/aromatic N) is 2. The zero-order chi connectivity index (χ0) is 17.9. The van der Waals surface area contributed by atoms with E-state index in [-0.39, 0.29) is 12.0 Å². The van der Waals surface area contributed by atoms with Crippen LogP contribution in [0.2, 0.25) is 0 Å². The maximum atomic E-state index is 12.7. The second-order valence-electron chi connectivity index (χ2n) is 7.03. The Morgan fingerprint density at radius 1 is 1.19 bits per heavy atom. The van der Waals surface area contributed by atoms with E-state index in [0.717, 1.165) is 38.1 Å². The molecule has 0 bridgehead atoms. The smallest absolute Gasteiger partial charge is 0.266 e. The van der Waals surface area contributed by atoms with Gasteiger partial charge in [-0.3, -0.25) is 4.79 Å². The SMILES string of the molecule is COC1CCN(C(=O)C2CC(Cc3cccc4ccccc34)=NO2)CC1. The first-order valence-electron chi connectivity index (χ1n) is 9.24. The van der Waals surface area contributed by atoms with Gasteiger partial charge in [0, 0.05) is 33.0 Å². The highest BCUT2D eigenvalue weighted by atomic mass is 16.6. The van der Waals surface area contributed by atoms with E-state index in [9.17, 15) is 4.79 Å². The number of hydrogen-bond acceptors (Lipinski definition) is 4. The lowest BCUT2D eigenvalue weighted by Crippen LogP contribution is -2.45. The van der Waals surface area contributed by atoms with Gasteiger partial charge in [-0.25, -0.2) is 0 Å². The number of carbonyl (C=O) groups is 1. The molecular weight excluding hydrogens is 328 g/mol. The number of methoxy groups -OCH3 is 1. The Balaban J connectivity index is 1.38. The summed E-state index contributed by atoms with van der Waals surface area (Å²) in [6, 6.07) is 14.6. The number of hydrogen-bond donors (Lipinski definition) is 0. The maximum Gasteiger partial charge on any atom is 0.266 e. The molecule has 2 aromatic rings. The van der Waals surface area contributed by atoms with E-state index < -0.39 is 6.10 Å². The molecule has 0 N–H and O–H groups in total. The molecule has 0 radical (unpaired) electrons. The minimum Gasteiger partial charge on any atom is -0.382 e. The molecule has 0 aromatic heterocycles. The molecule has 2 aliphatic heterocycles. The average molecular weight is 352 g/mol. The van der Waals surface area contributed by atoms with Crippen molar-refractivity contribution in [2.45, 2.75) is 37.9 Å². The zero-order valence-corrected chi connectivity index (χ0v) is 15.1. The van der Waals surface area contributed by atoms with E-state index in [1.807, 2.05) is 11.0 Å². The van der Waals surface area contributed by atoms with Crippen LogP contribution in [0.3, 0.4) is 0 Å². The first-order valence-corrected chi connectivity index (χ1v) is 9.24. The van der Waals surface area contributed by atoms with Gasteiger partial charge in [0.05, 0.1) is 11.8 Å². The van der Waals surface area contributed by atoms with Crippen molar-refractivity contribution < 1.29 is 14.4 Å². The normalized spacial score (nSPS) is 20.9. The van der Waals surface area contributed by atoms with Crippen LogP contribution >= 0.6 is 0 Å². The predicted molar refractivity (Wildman–Crippen MR) is 101 cm³/mol. The van der Waals surface area contributed by atoms with Crippen molar-refractivity contribution in [3.05, 3.63) is 48.0 Å². The third kappa shape index (κ3) is 3.44. The fourth-order valence-corrected chi connectivity index (χ4v) is 3.85. The quantitative estimate of drug-likeness (QED) is 0.849. The van der Waals surface area contributed by atoms with Crippen molar-refractivity contribution in [2.75, 3.05) is 20.2 Å². The molecule has 136 valence electrons. The Bertz CT molecular complexity index is 820. The largest absolute Gasteiger partial charge is 0.382 e. The highest BCUT2D eigenvalue weighted by Crippen LogP contribution is 2.23. The summed E-state index contributed by atoms with van der Waals surface area (Å²) < 4.78 is 5.37. The summed E-state index contributed by atoms with van der Waals surface area (Å²) in [6.45, 7) is 1.46. The van der Waals surface area contributed by atoms with Crippen molar-refractivity contribution in [1.82, 2.24) is 4.90 Å². The molecule has 0 spiro atoms. The highest BCUT2D eigenvalue weighted by Gasteiger charge is 2.33. The summed E-state index contributed by atoms with van der Waals surface area (Å²) in [7, 11) is 1.73. The van der Waals surface area contributed by atoms with Crippen LogP contribution in [0.15, 0.2) is 47.6 Å². The van der Waals surface area contributed by atoms with E-state index in [1.165, 1.54) is 16.3 Å². The number of benzene rings is 2. The number of rotatable bonds is 4. The third-order valence-electron chi connectivity index (χ3n) is 5.37. The van der Waals surface area contributed by atoms with Gasteiger partial charge in [0.1, 0.15) is 0 Å². The van der Waals surface area contributed by atoms with Crippen LogP contribution in [0.25, 0.3) is 10.8 Å². The molecule has 1 unspecified atom stereocenters. The number of fused-ring (bicyclic) bond motifs is 1. The van der Waals surface area contributed by atoms with Crippen LogP contribution in [0.4, 0.5) is 0 Å². The topological polar surface area (TPSA) is 51.1 Å². The standard InChI is InChI=1S/C21H24N2O3/c1-25-18-9-11-23(12-10-18)21(24)20-14-17(22-26-20)13-16-7-4-6-15-5-2-3-8-19(15)16/h2-8,18,20H,9-14H2,1H3. The summed E-state index contributed by atoms with van der Waals surface area (Å²) in [5.41, 5.74) is 2.16. The summed E-state index contributed by atoms with van der Waals surface area (Å²) >= 11 is 0. The monoisotopic (exact) mass is 352 g/mol. The van der Waals surface area contributed by atoms with Crippen molar-refractivity contribution in [1.29, 1.82) is 0 Å². The Morgan fingerprint density at radius 2 is 1.96 bits per heavy atom. The van der Waals surface area contributed by atoms with E-state index in [2.05, 4.69) is 41.6 Å². The highest BCUT2D eigenvalue weighted by molar-refractivity contribution is 5.96. The molecule has 2 aromatic carbocycles. The number of likely N-dealkylation sites (tertiary alicyclic amines) is 1. The van der Waals surface area contributed by atoms with Crippen LogP contribution in [-0.4, -0.2) is 48.9 Å². The lowest BCUT2D eigenvalue weighted by Gasteiger charge is -2.32. The molecule has 2 heterocycles. The molecule has 1 saturated heterocycles. The molecule has 5 heteroatoms. The molecule has 0 aliphatic carbocycles. The molecule has 26 heavy (non-hydrogen) atoms. The molecule has 1 fully saturated rings. The van der Waals surface area contributed by atoms with E-state index >= 15 is 0 Å². The summed E-state index contributed by atoms with van der Waals surface area (Å²) in [4.78, 5) is 20.1. The van der Waals surface area contributed by atoms with Gasteiger partial charge in [-0.2, -0.15) is 0 Å². The van der Waals surface area contributed by atoms with Crippen LogP contribution in [0.5, 0.6) is 0 Å². The minimum absolute atomic E-state index is 0.0521. The maximum absolute atomic E-state index is 12.7. The van der Waals surface area contributed by atoms with Crippen LogP contribution in [0, 0.1) is 0 Å². The number of carbonyl (C=O) groups excluding carboxylic acids is 1. The summed E-state index contributed by atoms with van der Waals surface area (Å²) in [5.74, 6) is 0.0521. The van der Waals surface area contributed by atoms with Crippen molar-refractivity contribution in [3.63, 3.8) is 0 Å². The van der Waals surface area contributed by atoms with Crippen LogP contribution in [0.1, 0.15) is 24.8 Å². The second-order valence-corrected chi connectivity index (χ2v) is 7.03. The lowest BCUT2D eigenvalue weighted by molar-refractivity contribution is -0.144. The summed E-state index contributed by atoms with van der Waals surface area (Å²) in [6.07, 6.45) is 2.86. The van der Waals surface area contributed by atoms with Crippen molar-refractivity contribution >= 4 is 22.4 Å². The third-order valence-corrected chi connectivity index (χ3v) is 5.37. The minimum atomic E-state index is -0.473. The van der Waals surface area contributed by atoms with Gasteiger partial charge >= 0.3 is 0 Å². The lowest BCUT2D eigenvalue weighted by atomic mass is 9.98. The van der Waals surface area contributed by atoms with Crippen molar-refractivity contribution in [2.24, 2.45) is 5.16 Å². The Labute approximate surface area is 153 Å². The van der Waals surface area contributed by atoms with Gasteiger partial charge in [0.2, 0.25) is 6.10 Å². The molecular formula is C21H24N2O3. The molecule has 0 saturated carbocycles. The van der Waals surface area contributed by atoms with E-state index in [4.69, 9.17) is 9.57 Å². The zero-order valence-electron chi connectivity index (χ0n) is 15.1. The van der Waals surface area contributed by atoms with Gasteiger partial charge in [-0.1, -0.05) is 47.6 Å². The predicted octanol–water partition coefficient (Wildman–Crippen LogP) is 3.16. The first-order chi connectivity index (χ1) is 12.7. The molecule has 4 rings (SSSR count). The molecule has 1 amide bonds. The summed E-state index contributed by atoms with van der Waals surface area (Å²) in [5, 5.41) is 6.66. The Morgan fingerprint density at radius 3 is 2.77 bits per heavy atom. The number of oxime groups is 1. The number of amides is 1. The molecule has 5 nitrogen and oxygen atoms in total. The number of piperidine rings is 1. The first kappa shape index (κ1) is 17.0. The van der Waals surface area contributed by atoms with Gasteiger partial charge < -0.3 is 14.5 Å². The van der Waals surface area contributed by atoms with Gasteiger partial charge in [-0.15, -0.1) is 0 Å². The fraction of sp³-hybridized carbons (Fsp3) is 0.429. The van der Waals surface area contributed by atoms with Gasteiger partial charge in [0.25, 0.3) is 5.91 Å². The van der Waals surface area contributed by atoms with Gasteiger partial charge in [0.15, 0.2) is 0 Å². The van der Waals surface area contributed by atoms with Gasteiger partial charge in [-0.05, 0) is 29.2 Å². The Hall–Kier alpha value is -2.40. The van der Waals surface area contributed by atoms with E-state index in [1.54, 1.807) is 7.11 Å². The Kier molecular flexibility index (Phi) is 4.89. The second kappa shape index (κ2) is 7.46. The van der Waals surface area contributed by atoms with Crippen molar-refractivity contribution in [3.8, 4) is 0 Å². The number of ether oxygens (including phenoxy) is 1. The van der Waals surface area contributed by atoms with E-state index in [0.29, 0.717) is 6.42 Å². The molecule has 2 aliphatic rings. The average Bonchev–Trinajstić information content (AvgIpc) is 3.16. The fourth-order valence-electron chi connectivity index (χ4n) is 3.85. The van der Waals surface area contributed by atoms with Crippen LogP contribution in [-0.2, 0) is 20.8 Å².